The molecule has 0 spiro atoms. The molecule has 1 unspecified atom stereocenters. The molecule has 3 rings (SSSR count). The average Bonchev–Trinajstić information content (AvgIpc) is 3.34. The number of carboxylic acid groups (broad SMARTS) is 1. The largest absolute Gasteiger partial charge is 0.480 e. The predicted molar refractivity (Wildman–Crippen MR) is 108 cm³/mol. The number of carbonyl (C=O) groups is 3. The fourth-order valence-corrected chi connectivity index (χ4v) is 5.09. The Morgan fingerprint density at radius 3 is 2.82 bits per heavy atom. The standard InChI is InChI=1S/C17H19ClN4O4S2/c1-9-10(16(26)21-17-20-6-13(18)28-17)5-12(27-9)11-3-2-4-22(11)14(23)7-19-8-15(24)25/h5-6,11,19H,2-4,7-8H2,1H3,(H,24,25)(H,20,21,26). The van der Waals surface area contributed by atoms with Gasteiger partial charge >= 0.3 is 5.97 Å². The van der Waals surface area contributed by atoms with E-state index in [1.807, 2.05) is 13.0 Å². The molecule has 11 heteroatoms. The molecule has 28 heavy (non-hydrogen) atoms. The first kappa shape index (κ1) is 20.7. The second-order valence-electron chi connectivity index (χ2n) is 6.28. The number of nitrogens with zero attached hydrogens (tertiary/aromatic N) is 2. The lowest BCUT2D eigenvalue weighted by Gasteiger charge is -2.24. The van der Waals surface area contributed by atoms with Crippen LogP contribution in [-0.2, 0) is 9.59 Å². The van der Waals surface area contributed by atoms with Gasteiger partial charge < -0.3 is 10.0 Å². The third-order valence-electron chi connectivity index (χ3n) is 4.33. The summed E-state index contributed by atoms with van der Waals surface area (Å²) in [4.78, 5) is 43.2. The van der Waals surface area contributed by atoms with Crippen molar-refractivity contribution in [1.29, 1.82) is 0 Å². The van der Waals surface area contributed by atoms with Crippen LogP contribution in [0, 0.1) is 6.92 Å². The summed E-state index contributed by atoms with van der Waals surface area (Å²) in [7, 11) is 0. The van der Waals surface area contributed by atoms with Crippen LogP contribution >= 0.6 is 34.3 Å². The SMILES string of the molecule is Cc1sc(C2CCCN2C(=O)CNCC(=O)O)cc1C(=O)Nc1ncc(Cl)s1. The van der Waals surface area contributed by atoms with Crippen LogP contribution in [0.2, 0.25) is 4.34 Å². The van der Waals surface area contributed by atoms with E-state index in [9.17, 15) is 14.4 Å². The van der Waals surface area contributed by atoms with E-state index in [-0.39, 0.29) is 30.9 Å². The van der Waals surface area contributed by atoms with E-state index in [4.69, 9.17) is 16.7 Å². The third-order valence-corrected chi connectivity index (χ3v) is 6.52. The molecule has 0 bridgehead atoms. The Balaban J connectivity index is 1.69. The van der Waals surface area contributed by atoms with Gasteiger partial charge in [0.1, 0.15) is 4.34 Å². The highest BCUT2D eigenvalue weighted by atomic mass is 35.5. The number of likely N-dealkylation sites (tertiary alicyclic amines) is 1. The van der Waals surface area contributed by atoms with Crippen LogP contribution in [0.3, 0.4) is 0 Å². The van der Waals surface area contributed by atoms with Gasteiger partial charge in [-0.05, 0) is 25.8 Å². The first-order valence-corrected chi connectivity index (χ1v) is 10.6. The highest BCUT2D eigenvalue weighted by Crippen LogP contribution is 2.37. The van der Waals surface area contributed by atoms with Crippen LogP contribution in [0.5, 0.6) is 0 Å². The molecule has 0 aromatic carbocycles. The summed E-state index contributed by atoms with van der Waals surface area (Å²) >= 11 is 8.52. The van der Waals surface area contributed by atoms with Gasteiger partial charge in [-0.2, -0.15) is 0 Å². The van der Waals surface area contributed by atoms with Crippen LogP contribution in [-0.4, -0.2) is 52.4 Å². The summed E-state index contributed by atoms with van der Waals surface area (Å²) in [5.74, 6) is -1.40. The van der Waals surface area contributed by atoms with Crippen molar-refractivity contribution in [2.24, 2.45) is 0 Å². The van der Waals surface area contributed by atoms with Crippen molar-refractivity contribution in [1.82, 2.24) is 15.2 Å². The van der Waals surface area contributed by atoms with Gasteiger partial charge in [-0.3, -0.25) is 25.0 Å². The monoisotopic (exact) mass is 442 g/mol. The first-order chi connectivity index (χ1) is 13.3. The number of thiophene rings is 1. The smallest absolute Gasteiger partial charge is 0.317 e. The normalized spacial score (nSPS) is 16.4. The Labute approximate surface area is 174 Å². The molecule has 150 valence electrons. The molecule has 1 aliphatic rings. The zero-order valence-corrected chi connectivity index (χ0v) is 17.4. The number of carboxylic acids is 1. The minimum absolute atomic E-state index is 0.0225. The lowest BCUT2D eigenvalue weighted by Crippen LogP contribution is -2.39. The van der Waals surface area contributed by atoms with Crippen molar-refractivity contribution < 1.29 is 19.5 Å². The number of aliphatic carboxylic acids is 1. The molecule has 0 radical (unpaired) electrons. The lowest BCUT2D eigenvalue weighted by atomic mass is 10.1. The Bertz CT molecular complexity index is 898. The van der Waals surface area contributed by atoms with Crippen molar-refractivity contribution >= 4 is 57.2 Å². The van der Waals surface area contributed by atoms with Crippen LogP contribution in [0.15, 0.2) is 12.3 Å². The van der Waals surface area contributed by atoms with Gasteiger partial charge in [0.05, 0.1) is 30.9 Å². The fraction of sp³-hybridized carbons (Fsp3) is 0.412. The summed E-state index contributed by atoms with van der Waals surface area (Å²) in [6.45, 7) is 2.21. The number of nitrogens with one attached hydrogen (secondary N) is 2. The number of anilines is 1. The molecular weight excluding hydrogens is 424 g/mol. The van der Waals surface area contributed by atoms with Crippen LogP contribution in [0.1, 0.15) is 39.0 Å². The quantitative estimate of drug-likeness (QED) is 0.607. The summed E-state index contributed by atoms with van der Waals surface area (Å²) in [5, 5.41) is 14.5. The number of halogens is 1. The van der Waals surface area contributed by atoms with Gasteiger partial charge in [0, 0.05) is 16.3 Å². The number of amides is 2. The average molecular weight is 443 g/mol. The minimum Gasteiger partial charge on any atom is -0.480 e. The Kier molecular flexibility index (Phi) is 6.65. The number of hydrogen-bond acceptors (Lipinski definition) is 7. The minimum atomic E-state index is -1.00. The number of hydrogen-bond donors (Lipinski definition) is 3. The van der Waals surface area contributed by atoms with Crippen molar-refractivity contribution in [3.05, 3.63) is 31.9 Å². The van der Waals surface area contributed by atoms with E-state index in [1.54, 1.807) is 4.90 Å². The van der Waals surface area contributed by atoms with Crippen molar-refractivity contribution in [3.63, 3.8) is 0 Å². The molecule has 2 aromatic heterocycles. The zero-order valence-electron chi connectivity index (χ0n) is 15.0. The summed E-state index contributed by atoms with van der Waals surface area (Å²) in [5.41, 5.74) is 0.551. The molecule has 1 aliphatic heterocycles. The molecule has 3 N–H and O–H groups in total. The number of rotatable bonds is 7. The fourth-order valence-electron chi connectivity index (χ4n) is 3.11. The zero-order chi connectivity index (χ0) is 20.3. The second-order valence-corrected chi connectivity index (χ2v) is 9.23. The number of thiazole rings is 1. The van der Waals surface area contributed by atoms with E-state index in [1.165, 1.54) is 28.9 Å². The van der Waals surface area contributed by atoms with Gasteiger partial charge in [0.25, 0.3) is 5.91 Å². The Hall–Kier alpha value is -2.01. The van der Waals surface area contributed by atoms with E-state index >= 15 is 0 Å². The molecular formula is C17H19ClN4O4S2. The number of aromatic nitrogens is 1. The molecule has 3 heterocycles. The first-order valence-electron chi connectivity index (χ1n) is 8.60. The predicted octanol–water partition coefficient (Wildman–Crippen LogP) is 2.76. The maximum absolute atomic E-state index is 12.6. The Morgan fingerprint density at radius 1 is 1.36 bits per heavy atom. The van der Waals surface area contributed by atoms with Gasteiger partial charge in [0.2, 0.25) is 5.91 Å². The summed E-state index contributed by atoms with van der Waals surface area (Å²) in [6, 6.07) is 1.73. The van der Waals surface area contributed by atoms with Crippen molar-refractivity contribution in [2.75, 3.05) is 25.0 Å². The number of carbonyl (C=O) groups excluding carboxylic acids is 2. The van der Waals surface area contributed by atoms with E-state index in [2.05, 4.69) is 15.6 Å². The molecule has 0 saturated carbocycles. The molecule has 2 amide bonds. The van der Waals surface area contributed by atoms with Crippen LogP contribution < -0.4 is 10.6 Å². The molecule has 8 nitrogen and oxygen atoms in total. The highest BCUT2D eigenvalue weighted by molar-refractivity contribution is 7.19. The maximum Gasteiger partial charge on any atom is 0.317 e. The van der Waals surface area contributed by atoms with Gasteiger partial charge in [-0.1, -0.05) is 22.9 Å². The summed E-state index contributed by atoms with van der Waals surface area (Å²) < 4.78 is 0.495. The highest BCUT2D eigenvalue weighted by Gasteiger charge is 2.31. The van der Waals surface area contributed by atoms with Crippen molar-refractivity contribution in [2.45, 2.75) is 25.8 Å². The molecule has 1 atom stereocenters. The maximum atomic E-state index is 12.6. The van der Waals surface area contributed by atoms with E-state index < -0.39 is 5.97 Å². The molecule has 0 aliphatic carbocycles. The molecule has 2 aromatic rings. The molecule has 1 saturated heterocycles. The van der Waals surface area contributed by atoms with E-state index in [0.717, 1.165) is 22.6 Å². The van der Waals surface area contributed by atoms with Crippen LogP contribution in [0.25, 0.3) is 0 Å². The number of aryl methyl sites for hydroxylation is 1. The Morgan fingerprint density at radius 2 is 2.14 bits per heavy atom. The topological polar surface area (TPSA) is 112 Å². The van der Waals surface area contributed by atoms with Crippen molar-refractivity contribution in [3.8, 4) is 0 Å². The van der Waals surface area contributed by atoms with Gasteiger partial charge in [0.15, 0.2) is 5.13 Å². The van der Waals surface area contributed by atoms with Gasteiger partial charge in [-0.15, -0.1) is 11.3 Å². The van der Waals surface area contributed by atoms with Gasteiger partial charge in [-0.25, -0.2) is 4.98 Å². The third kappa shape index (κ3) is 4.88. The molecule has 1 fully saturated rings. The second kappa shape index (κ2) is 8.99. The van der Waals surface area contributed by atoms with E-state index in [0.29, 0.717) is 21.6 Å². The lowest BCUT2D eigenvalue weighted by molar-refractivity contribution is -0.136. The van der Waals surface area contributed by atoms with Crippen LogP contribution in [0.4, 0.5) is 5.13 Å². The summed E-state index contributed by atoms with van der Waals surface area (Å²) in [6.07, 6.45) is 3.16.